The summed E-state index contributed by atoms with van der Waals surface area (Å²) in [6.07, 6.45) is 1.81. The lowest BCUT2D eigenvalue weighted by Crippen LogP contribution is -2.43. The Morgan fingerprint density at radius 1 is 1.21 bits per heavy atom. The first-order valence-corrected chi connectivity index (χ1v) is 11.1. The van der Waals surface area contributed by atoms with Crippen LogP contribution in [0.1, 0.15) is 45.1 Å². The zero-order chi connectivity index (χ0) is 21.0. The minimum Gasteiger partial charge on any atom is -0.349 e. The van der Waals surface area contributed by atoms with Crippen LogP contribution in [-0.4, -0.2) is 29.8 Å². The molecule has 2 atom stereocenters. The van der Waals surface area contributed by atoms with Gasteiger partial charge in [-0.05, 0) is 41.2 Å². The van der Waals surface area contributed by atoms with Crippen molar-refractivity contribution in [2.75, 3.05) is 6.54 Å². The van der Waals surface area contributed by atoms with Crippen molar-refractivity contribution in [2.24, 2.45) is 17.8 Å². The zero-order valence-corrected chi connectivity index (χ0v) is 17.7. The Hall–Kier alpha value is -2.34. The number of hydrogen-bond donors (Lipinski definition) is 1. The second-order valence-electron chi connectivity index (χ2n) is 8.13. The van der Waals surface area contributed by atoms with E-state index in [1.54, 1.807) is 11.3 Å². The van der Waals surface area contributed by atoms with Gasteiger partial charge in [-0.3, -0.25) is 19.2 Å². The molecule has 5 nitrogen and oxygen atoms in total. The second-order valence-corrected chi connectivity index (χ2v) is 9.04. The molecule has 0 aliphatic carbocycles. The van der Waals surface area contributed by atoms with Gasteiger partial charge in [-0.15, -0.1) is 11.3 Å². The van der Waals surface area contributed by atoms with Gasteiger partial charge < -0.3 is 5.32 Å². The first-order valence-electron chi connectivity index (χ1n) is 10.2. The molecule has 1 fully saturated rings. The molecule has 1 N–H and O–H groups in total. The van der Waals surface area contributed by atoms with Crippen molar-refractivity contribution < 1.29 is 19.2 Å². The lowest BCUT2D eigenvalue weighted by atomic mass is 9.80. The third kappa shape index (κ3) is 5.18. The predicted molar refractivity (Wildman–Crippen MR) is 114 cm³/mol. The van der Waals surface area contributed by atoms with E-state index in [9.17, 15) is 19.2 Å². The van der Waals surface area contributed by atoms with Crippen LogP contribution in [0.5, 0.6) is 0 Å². The molecule has 1 aliphatic rings. The van der Waals surface area contributed by atoms with E-state index in [2.05, 4.69) is 22.8 Å². The van der Waals surface area contributed by atoms with Gasteiger partial charge in [0, 0.05) is 42.3 Å². The van der Waals surface area contributed by atoms with E-state index in [1.807, 2.05) is 26.0 Å². The fourth-order valence-electron chi connectivity index (χ4n) is 3.92. The standard InChI is InChI=1S/C23H27NO4S/c1-14(2)19(20(26)11-15-9-10-24-23(28)22(15)27)12-17(25)8-7-16-13-29-21-6-4-3-5-18(16)21/h3-6,13-15,19H,7-12H2,1-2H3,(H,24,28). The largest absolute Gasteiger partial charge is 0.349 e. The number of carbonyl (C=O) groups excluding carboxylic acids is 4. The Labute approximate surface area is 174 Å². The van der Waals surface area contributed by atoms with E-state index in [1.165, 1.54) is 15.6 Å². The predicted octanol–water partition coefficient (Wildman–Crippen LogP) is 3.73. The first kappa shape index (κ1) is 21.4. The highest BCUT2D eigenvalue weighted by molar-refractivity contribution is 7.17. The zero-order valence-electron chi connectivity index (χ0n) is 16.9. The number of fused-ring (bicyclic) bond motifs is 1. The summed E-state index contributed by atoms with van der Waals surface area (Å²) in [7, 11) is 0. The number of aryl methyl sites for hydroxylation is 1. The number of carbonyl (C=O) groups is 4. The van der Waals surface area contributed by atoms with Gasteiger partial charge in [0.1, 0.15) is 11.6 Å². The van der Waals surface area contributed by atoms with E-state index in [0.29, 0.717) is 25.8 Å². The van der Waals surface area contributed by atoms with Crippen LogP contribution in [0.2, 0.25) is 0 Å². The number of rotatable bonds is 9. The van der Waals surface area contributed by atoms with Gasteiger partial charge in [-0.2, -0.15) is 0 Å². The summed E-state index contributed by atoms with van der Waals surface area (Å²) in [6.45, 7) is 4.28. The topological polar surface area (TPSA) is 80.3 Å². The summed E-state index contributed by atoms with van der Waals surface area (Å²) in [6, 6.07) is 8.16. The summed E-state index contributed by atoms with van der Waals surface area (Å²) < 4.78 is 1.21. The Morgan fingerprint density at radius 2 is 1.97 bits per heavy atom. The fraction of sp³-hybridized carbons (Fsp3) is 0.478. The van der Waals surface area contributed by atoms with Crippen LogP contribution in [0.3, 0.4) is 0 Å². The van der Waals surface area contributed by atoms with E-state index in [0.717, 1.165) is 0 Å². The van der Waals surface area contributed by atoms with Gasteiger partial charge in [0.05, 0.1) is 0 Å². The quantitative estimate of drug-likeness (QED) is 0.635. The first-order chi connectivity index (χ1) is 13.9. The Bertz CT molecular complexity index is 930. The molecule has 1 aliphatic heterocycles. The summed E-state index contributed by atoms with van der Waals surface area (Å²) in [5.41, 5.74) is 1.17. The van der Waals surface area contributed by atoms with Gasteiger partial charge in [-0.25, -0.2) is 0 Å². The molecule has 3 rings (SSSR count). The number of ketones is 3. The normalized spacial score (nSPS) is 18.1. The van der Waals surface area contributed by atoms with E-state index >= 15 is 0 Å². The third-order valence-electron chi connectivity index (χ3n) is 5.72. The number of amides is 1. The molecule has 6 heteroatoms. The van der Waals surface area contributed by atoms with Gasteiger partial charge in [-0.1, -0.05) is 32.0 Å². The van der Waals surface area contributed by atoms with Crippen molar-refractivity contribution in [1.29, 1.82) is 0 Å². The van der Waals surface area contributed by atoms with Crippen molar-refractivity contribution in [3.05, 3.63) is 35.2 Å². The lowest BCUT2D eigenvalue weighted by Gasteiger charge is -2.24. The average molecular weight is 414 g/mol. The molecule has 2 aromatic rings. The van der Waals surface area contributed by atoms with Crippen LogP contribution in [0, 0.1) is 17.8 Å². The van der Waals surface area contributed by atoms with Crippen molar-refractivity contribution in [2.45, 2.75) is 46.0 Å². The summed E-state index contributed by atoms with van der Waals surface area (Å²) in [5.74, 6) is -2.07. The molecule has 0 saturated carbocycles. The molecule has 0 spiro atoms. The lowest BCUT2D eigenvalue weighted by molar-refractivity contribution is -0.143. The van der Waals surface area contributed by atoms with Crippen molar-refractivity contribution in [3.63, 3.8) is 0 Å². The van der Waals surface area contributed by atoms with Crippen LogP contribution < -0.4 is 5.32 Å². The minimum atomic E-state index is -0.603. The van der Waals surface area contributed by atoms with E-state index in [-0.39, 0.29) is 30.3 Å². The van der Waals surface area contributed by atoms with Gasteiger partial charge in [0.25, 0.3) is 5.91 Å². The molecular formula is C23H27NO4S. The molecule has 1 aromatic heterocycles. The molecule has 1 amide bonds. The smallest absolute Gasteiger partial charge is 0.287 e. The molecule has 2 unspecified atom stereocenters. The molecule has 2 heterocycles. The van der Waals surface area contributed by atoms with Crippen LogP contribution in [0.25, 0.3) is 10.1 Å². The summed E-state index contributed by atoms with van der Waals surface area (Å²) in [5, 5.41) is 5.80. The average Bonchev–Trinajstić information content (AvgIpc) is 3.11. The summed E-state index contributed by atoms with van der Waals surface area (Å²) >= 11 is 1.68. The maximum atomic E-state index is 12.8. The van der Waals surface area contributed by atoms with Crippen LogP contribution in [0.15, 0.2) is 29.6 Å². The molecule has 154 valence electrons. The number of nitrogens with one attached hydrogen (secondary N) is 1. The SMILES string of the molecule is CC(C)C(CC(=O)CCc1csc2ccccc12)C(=O)CC1CCNC(=O)C1=O. The fourth-order valence-corrected chi connectivity index (χ4v) is 4.92. The second kappa shape index (κ2) is 9.44. The maximum absolute atomic E-state index is 12.8. The Kier molecular flexibility index (Phi) is 6.96. The highest BCUT2D eigenvalue weighted by Crippen LogP contribution is 2.28. The Morgan fingerprint density at radius 3 is 2.72 bits per heavy atom. The highest BCUT2D eigenvalue weighted by Gasteiger charge is 2.34. The molecule has 29 heavy (non-hydrogen) atoms. The van der Waals surface area contributed by atoms with Crippen molar-refractivity contribution in [1.82, 2.24) is 5.32 Å². The molecule has 1 aromatic carbocycles. The minimum absolute atomic E-state index is 0.0148. The molecule has 0 radical (unpaired) electrons. The number of hydrogen-bond acceptors (Lipinski definition) is 5. The van der Waals surface area contributed by atoms with Crippen molar-refractivity contribution in [3.8, 4) is 0 Å². The maximum Gasteiger partial charge on any atom is 0.287 e. The van der Waals surface area contributed by atoms with Crippen molar-refractivity contribution >= 4 is 44.7 Å². The van der Waals surface area contributed by atoms with Crippen LogP contribution in [-0.2, 0) is 25.6 Å². The summed E-state index contributed by atoms with van der Waals surface area (Å²) in [4.78, 5) is 49.0. The van der Waals surface area contributed by atoms with Gasteiger partial charge in [0.15, 0.2) is 0 Å². The molecule has 1 saturated heterocycles. The third-order valence-corrected chi connectivity index (χ3v) is 6.73. The van der Waals surface area contributed by atoms with Gasteiger partial charge >= 0.3 is 0 Å². The highest BCUT2D eigenvalue weighted by atomic mass is 32.1. The monoisotopic (exact) mass is 413 g/mol. The number of Topliss-reactive ketones (excluding diaryl/α,β-unsaturated/α-hetero) is 3. The van der Waals surface area contributed by atoms with E-state index < -0.39 is 23.5 Å². The Balaban J connectivity index is 1.57. The molecular weight excluding hydrogens is 386 g/mol. The van der Waals surface area contributed by atoms with Gasteiger partial charge in [0.2, 0.25) is 5.78 Å². The van der Waals surface area contributed by atoms with Crippen LogP contribution >= 0.6 is 11.3 Å². The number of thiophene rings is 1. The number of piperidine rings is 1. The van der Waals surface area contributed by atoms with E-state index in [4.69, 9.17) is 0 Å². The van der Waals surface area contributed by atoms with Crippen LogP contribution in [0.4, 0.5) is 0 Å². The number of benzene rings is 1. The molecule has 0 bridgehead atoms.